The van der Waals surface area contributed by atoms with Crippen molar-refractivity contribution in [1.82, 2.24) is 10.2 Å². The number of hydrogen-bond donors (Lipinski definition) is 2. The Morgan fingerprint density at radius 2 is 1.95 bits per heavy atom. The van der Waals surface area contributed by atoms with Crippen LogP contribution >= 0.6 is 0 Å². The summed E-state index contributed by atoms with van der Waals surface area (Å²) in [7, 11) is 0. The first-order valence-electron chi connectivity index (χ1n) is 7.00. The lowest BCUT2D eigenvalue weighted by atomic mass is 10.1. The maximum Gasteiger partial charge on any atom is 0.318 e. The average molecular weight is 270 g/mol. The number of urea groups is 1. The van der Waals surface area contributed by atoms with Crippen LogP contribution in [0.1, 0.15) is 53.4 Å². The highest BCUT2D eigenvalue weighted by atomic mass is 16.4. The second kappa shape index (κ2) is 6.26. The van der Waals surface area contributed by atoms with Crippen molar-refractivity contribution < 1.29 is 14.7 Å². The van der Waals surface area contributed by atoms with Gasteiger partial charge in [-0.05, 0) is 46.0 Å². The van der Waals surface area contributed by atoms with Crippen LogP contribution in [-0.2, 0) is 4.79 Å². The van der Waals surface area contributed by atoms with Gasteiger partial charge < -0.3 is 15.3 Å². The first kappa shape index (κ1) is 15.8. The summed E-state index contributed by atoms with van der Waals surface area (Å²) in [6.07, 6.45) is 3.16. The van der Waals surface area contributed by atoms with E-state index < -0.39 is 5.97 Å². The maximum atomic E-state index is 12.3. The maximum absolute atomic E-state index is 12.3. The van der Waals surface area contributed by atoms with E-state index in [0.717, 1.165) is 19.3 Å². The Morgan fingerprint density at radius 3 is 2.37 bits per heavy atom. The van der Waals surface area contributed by atoms with E-state index in [1.807, 2.05) is 20.8 Å². The van der Waals surface area contributed by atoms with Crippen molar-refractivity contribution in [3.63, 3.8) is 0 Å². The summed E-state index contributed by atoms with van der Waals surface area (Å²) in [5.41, 5.74) is -0.371. The van der Waals surface area contributed by atoms with Gasteiger partial charge in [0.05, 0.1) is 6.42 Å². The summed E-state index contributed by atoms with van der Waals surface area (Å²) in [5, 5.41) is 11.8. The molecule has 0 aliphatic heterocycles. The molecule has 0 radical (unpaired) electrons. The molecule has 0 saturated heterocycles. The van der Waals surface area contributed by atoms with Crippen molar-refractivity contribution in [2.45, 2.75) is 65.0 Å². The lowest BCUT2D eigenvalue weighted by molar-refractivity contribution is -0.137. The summed E-state index contributed by atoms with van der Waals surface area (Å²) in [6, 6.07) is 0.0880. The van der Waals surface area contributed by atoms with Crippen LogP contribution in [0.4, 0.5) is 4.79 Å². The zero-order valence-corrected chi connectivity index (χ0v) is 12.4. The molecule has 0 aromatic carbocycles. The van der Waals surface area contributed by atoms with Crippen LogP contribution in [0.5, 0.6) is 0 Å². The van der Waals surface area contributed by atoms with E-state index in [0.29, 0.717) is 5.92 Å². The van der Waals surface area contributed by atoms with Gasteiger partial charge in [-0.15, -0.1) is 0 Å². The molecule has 0 bridgehead atoms. The number of nitrogens with one attached hydrogen (secondary N) is 1. The highest BCUT2D eigenvalue weighted by molar-refractivity contribution is 5.76. The predicted octanol–water partition coefficient (Wildman–Crippen LogP) is 2.46. The minimum Gasteiger partial charge on any atom is -0.481 e. The second-order valence-corrected chi connectivity index (χ2v) is 6.53. The van der Waals surface area contributed by atoms with Crippen LogP contribution < -0.4 is 5.32 Å². The molecule has 1 aliphatic carbocycles. The van der Waals surface area contributed by atoms with E-state index >= 15 is 0 Å². The Balaban J connectivity index is 2.58. The Hall–Kier alpha value is -1.26. The molecular weight excluding hydrogens is 244 g/mol. The molecule has 0 heterocycles. The molecule has 2 N–H and O–H groups in total. The van der Waals surface area contributed by atoms with Gasteiger partial charge in [0, 0.05) is 18.1 Å². The standard InChI is InChI=1S/C14H26N2O3/c1-10-5-6-11(9-10)15-13(19)16(14(2,3)4)8-7-12(17)18/h10-11H,5-9H2,1-4H3,(H,15,19)(H,17,18). The van der Waals surface area contributed by atoms with Gasteiger partial charge in [0.25, 0.3) is 0 Å². The molecule has 2 unspecified atom stereocenters. The van der Waals surface area contributed by atoms with E-state index in [1.165, 1.54) is 0 Å². The number of hydrogen-bond acceptors (Lipinski definition) is 2. The summed E-state index contributed by atoms with van der Waals surface area (Å²) in [4.78, 5) is 24.6. The smallest absolute Gasteiger partial charge is 0.318 e. The quantitative estimate of drug-likeness (QED) is 0.824. The summed E-state index contributed by atoms with van der Waals surface area (Å²) < 4.78 is 0. The minimum atomic E-state index is -0.878. The minimum absolute atomic E-state index is 0.0221. The number of amides is 2. The Morgan fingerprint density at radius 1 is 1.32 bits per heavy atom. The Bertz CT molecular complexity index is 336. The molecule has 1 saturated carbocycles. The zero-order chi connectivity index (χ0) is 14.6. The molecule has 5 nitrogen and oxygen atoms in total. The number of carboxylic acid groups (broad SMARTS) is 1. The molecule has 1 fully saturated rings. The normalized spacial score (nSPS) is 23.2. The molecule has 1 rings (SSSR count). The third-order valence-corrected chi connectivity index (χ3v) is 3.63. The van der Waals surface area contributed by atoms with Crippen molar-refractivity contribution in [3.05, 3.63) is 0 Å². The fraction of sp³-hybridized carbons (Fsp3) is 0.857. The molecule has 2 amide bonds. The highest BCUT2D eigenvalue weighted by Gasteiger charge is 2.30. The summed E-state index contributed by atoms with van der Waals surface area (Å²) in [6.45, 7) is 8.20. The lowest BCUT2D eigenvalue weighted by Crippen LogP contribution is -2.53. The van der Waals surface area contributed by atoms with Gasteiger partial charge in [-0.2, -0.15) is 0 Å². The number of aliphatic carboxylic acids is 1. The number of carbonyl (C=O) groups is 2. The van der Waals surface area contributed by atoms with E-state index in [1.54, 1.807) is 4.90 Å². The molecule has 19 heavy (non-hydrogen) atoms. The Labute approximate surface area is 115 Å². The number of rotatable bonds is 4. The molecule has 0 aromatic heterocycles. The Kier molecular flexibility index (Phi) is 5.20. The summed E-state index contributed by atoms with van der Waals surface area (Å²) in [5.74, 6) is -0.219. The monoisotopic (exact) mass is 270 g/mol. The fourth-order valence-corrected chi connectivity index (χ4v) is 2.54. The van der Waals surface area contributed by atoms with E-state index in [4.69, 9.17) is 5.11 Å². The third kappa shape index (κ3) is 5.09. The van der Waals surface area contributed by atoms with Crippen LogP contribution in [0, 0.1) is 5.92 Å². The van der Waals surface area contributed by atoms with Crippen LogP contribution in [0.15, 0.2) is 0 Å². The molecular formula is C14H26N2O3. The van der Waals surface area contributed by atoms with Crippen LogP contribution in [0.3, 0.4) is 0 Å². The van der Waals surface area contributed by atoms with E-state index in [9.17, 15) is 9.59 Å². The largest absolute Gasteiger partial charge is 0.481 e. The first-order chi connectivity index (χ1) is 8.70. The van der Waals surface area contributed by atoms with E-state index in [-0.39, 0.29) is 30.6 Å². The molecule has 0 spiro atoms. The van der Waals surface area contributed by atoms with Crippen molar-refractivity contribution in [2.75, 3.05) is 6.54 Å². The van der Waals surface area contributed by atoms with Gasteiger partial charge in [-0.25, -0.2) is 4.79 Å². The van der Waals surface area contributed by atoms with Gasteiger partial charge in [0.2, 0.25) is 0 Å². The molecule has 2 atom stereocenters. The highest BCUT2D eigenvalue weighted by Crippen LogP contribution is 2.25. The van der Waals surface area contributed by atoms with Crippen LogP contribution in [0.25, 0.3) is 0 Å². The van der Waals surface area contributed by atoms with Crippen molar-refractivity contribution >= 4 is 12.0 Å². The van der Waals surface area contributed by atoms with Crippen LogP contribution in [0.2, 0.25) is 0 Å². The molecule has 110 valence electrons. The number of carbonyl (C=O) groups excluding carboxylic acids is 1. The number of nitrogens with zero attached hydrogens (tertiary/aromatic N) is 1. The topological polar surface area (TPSA) is 69.6 Å². The second-order valence-electron chi connectivity index (χ2n) is 6.53. The number of carboxylic acids is 1. The average Bonchev–Trinajstić information content (AvgIpc) is 2.61. The SMILES string of the molecule is CC1CCC(NC(=O)N(CCC(=O)O)C(C)(C)C)C1. The van der Waals surface area contributed by atoms with Crippen LogP contribution in [-0.4, -0.2) is 40.1 Å². The van der Waals surface area contributed by atoms with E-state index in [2.05, 4.69) is 12.2 Å². The van der Waals surface area contributed by atoms with Gasteiger partial charge >= 0.3 is 12.0 Å². The van der Waals surface area contributed by atoms with Gasteiger partial charge in [-0.1, -0.05) is 6.92 Å². The molecule has 0 aromatic rings. The third-order valence-electron chi connectivity index (χ3n) is 3.63. The van der Waals surface area contributed by atoms with Crippen molar-refractivity contribution in [3.8, 4) is 0 Å². The van der Waals surface area contributed by atoms with Gasteiger partial charge in [0.15, 0.2) is 0 Å². The van der Waals surface area contributed by atoms with Gasteiger partial charge in [-0.3, -0.25) is 4.79 Å². The van der Waals surface area contributed by atoms with Gasteiger partial charge in [0.1, 0.15) is 0 Å². The van der Waals surface area contributed by atoms with Crippen molar-refractivity contribution in [1.29, 1.82) is 0 Å². The first-order valence-corrected chi connectivity index (χ1v) is 7.00. The fourth-order valence-electron chi connectivity index (χ4n) is 2.54. The molecule has 5 heteroatoms. The molecule has 1 aliphatic rings. The predicted molar refractivity (Wildman–Crippen MR) is 74.0 cm³/mol. The summed E-state index contributed by atoms with van der Waals surface area (Å²) >= 11 is 0. The lowest BCUT2D eigenvalue weighted by Gasteiger charge is -2.36. The van der Waals surface area contributed by atoms with Crippen molar-refractivity contribution in [2.24, 2.45) is 5.92 Å². The zero-order valence-electron chi connectivity index (χ0n) is 12.4.